The molecular formula is C22H18F3N5O3. The number of anilines is 1. The van der Waals surface area contributed by atoms with Crippen LogP contribution in [0.4, 0.5) is 19.0 Å². The molecule has 33 heavy (non-hydrogen) atoms. The number of nitrogens with one attached hydrogen (secondary N) is 2. The quantitative estimate of drug-likeness (QED) is 0.525. The van der Waals surface area contributed by atoms with Crippen molar-refractivity contribution in [1.82, 2.24) is 14.8 Å². The average Bonchev–Trinajstić information content (AvgIpc) is 3.56. The number of pyridine rings is 1. The van der Waals surface area contributed by atoms with E-state index in [2.05, 4.69) is 15.4 Å². The summed E-state index contributed by atoms with van der Waals surface area (Å²) in [5, 5.41) is 23.8. The minimum atomic E-state index is -4.31. The zero-order chi connectivity index (χ0) is 23.8. The van der Waals surface area contributed by atoms with Crippen molar-refractivity contribution in [3.8, 4) is 11.8 Å². The number of hydrogen-bond donors (Lipinski definition) is 3. The summed E-state index contributed by atoms with van der Waals surface area (Å²) in [6, 6.07) is 10.7. The van der Waals surface area contributed by atoms with Crippen LogP contribution < -0.4 is 10.9 Å². The van der Waals surface area contributed by atoms with Crippen LogP contribution >= 0.6 is 0 Å². The van der Waals surface area contributed by atoms with E-state index in [0.29, 0.717) is 16.8 Å². The summed E-state index contributed by atoms with van der Waals surface area (Å²) in [5.74, 6) is -1.46. The molecular weight excluding hydrogens is 439 g/mol. The molecule has 0 saturated heterocycles. The average molecular weight is 457 g/mol. The van der Waals surface area contributed by atoms with Crippen LogP contribution in [0.3, 0.4) is 0 Å². The molecule has 0 radical (unpaired) electrons. The third kappa shape index (κ3) is 4.32. The normalized spacial score (nSPS) is 14.5. The van der Waals surface area contributed by atoms with Gasteiger partial charge in [-0.15, -0.1) is 0 Å². The number of halogens is 3. The molecule has 1 amide bonds. The number of nitrogens with zero attached hydrogens (tertiary/aromatic N) is 3. The van der Waals surface area contributed by atoms with E-state index >= 15 is 0 Å². The van der Waals surface area contributed by atoms with Crippen LogP contribution in [0.15, 0.2) is 47.4 Å². The number of alkyl halides is 3. The number of aromatic hydroxyl groups is 1. The molecule has 0 bridgehead atoms. The highest BCUT2D eigenvalue weighted by atomic mass is 19.4. The minimum Gasteiger partial charge on any atom is -0.500 e. The lowest BCUT2D eigenvalue weighted by Gasteiger charge is -2.19. The molecule has 2 heterocycles. The fraction of sp³-hybridized carbons (Fsp3) is 0.273. The summed E-state index contributed by atoms with van der Waals surface area (Å²) in [6.07, 6.45) is -3.02. The van der Waals surface area contributed by atoms with Crippen LogP contribution in [0.1, 0.15) is 35.2 Å². The Morgan fingerprint density at radius 3 is 2.48 bits per heavy atom. The molecule has 1 aliphatic rings. The highest BCUT2D eigenvalue weighted by Crippen LogP contribution is 2.58. The first-order valence-corrected chi connectivity index (χ1v) is 9.96. The second-order valence-electron chi connectivity index (χ2n) is 7.88. The zero-order valence-corrected chi connectivity index (χ0v) is 17.1. The Kier molecular flexibility index (Phi) is 5.45. The molecule has 11 heteroatoms. The second kappa shape index (κ2) is 8.12. The molecule has 170 valence electrons. The Morgan fingerprint density at radius 2 is 1.94 bits per heavy atom. The van der Waals surface area contributed by atoms with Gasteiger partial charge >= 0.3 is 11.7 Å². The van der Waals surface area contributed by atoms with Crippen LogP contribution in [0, 0.1) is 11.3 Å². The van der Waals surface area contributed by atoms with E-state index in [1.807, 2.05) is 6.07 Å². The molecule has 1 fully saturated rings. The number of carbonyl (C=O) groups excluding carboxylic acids is 1. The molecule has 1 aliphatic carbocycles. The number of carbonyl (C=O) groups is 1. The fourth-order valence-electron chi connectivity index (χ4n) is 3.59. The number of aromatic nitrogens is 3. The molecule has 3 N–H and O–H groups in total. The van der Waals surface area contributed by atoms with Gasteiger partial charge in [-0.2, -0.15) is 18.4 Å². The van der Waals surface area contributed by atoms with Crippen LogP contribution in [-0.2, 0) is 23.2 Å². The number of benzene rings is 1. The zero-order valence-electron chi connectivity index (χ0n) is 17.1. The van der Waals surface area contributed by atoms with Crippen molar-refractivity contribution in [2.24, 2.45) is 0 Å². The lowest BCUT2D eigenvalue weighted by Crippen LogP contribution is -2.28. The predicted octanol–water partition coefficient (Wildman–Crippen LogP) is 2.97. The summed E-state index contributed by atoms with van der Waals surface area (Å²) < 4.78 is 40.8. The van der Waals surface area contributed by atoms with E-state index < -0.39 is 28.8 Å². The summed E-state index contributed by atoms with van der Waals surface area (Å²) in [4.78, 5) is 28.6. The van der Waals surface area contributed by atoms with Gasteiger partial charge in [-0.25, -0.2) is 4.68 Å². The molecule has 1 aromatic carbocycles. The molecule has 4 rings (SSSR count). The van der Waals surface area contributed by atoms with Crippen molar-refractivity contribution in [1.29, 1.82) is 5.26 Å². The summed E-state index contributed by atoms with van der Waals surface area (Å²) >= 11 is 0. The maximum atomic E-state index is 13.2. The molecule has 0 atom stereocenters. The van der Waals surface area contributed by atoms with E-state index in [1.54, 1.807) is 6.07 Å². The lowest BCUT2D eigenvalue weighted by molar-refractivity contribution is -0.160. The smallest absolute Gasteiger partial charge is 0.398 e. The molecule has 0 unspecified atom stereocenters. The van der Waals surface area contributed by atoms with Gasteiger partial charge in [-0.3, -0.25) is 19.7 Å². The van der Waals surface area contributed by atoms with Gasteiger partial charge in [0.05, 0.1) is 29.6 Å². The largest absolute Gasteiger partial charge is 0.500 e. The van der Waals surface area contributed by atoms with E-state index in [9.17, 15) is 27.9 Å². The topological polar surface area (TPSA) is 124 Å². The maximum Gasteiger partial charge on any atom is 0.398 e. The lowest BCUT2D eigenvalue weighted by atomic mass is 9.94. The number of amides is 1. The van der Waals surface area contributed by atoms with Crippen molar-refractivity contribution in [2.45, 2.75) is 37.4 Å². The van der Waals surface area contributed by atoms with Crippen molar-refractivity contribution < 1.29 is 23.1 Å². The first-order chi connectivity index (χ1) is 15.6. The van der Waals surface area contributed by atoms with Gasteiger partial charge in [0.2, 0.25) is 11.7 Å². The van der Waals surface area contributed by atoms with Crippen molar-refractivity contribution in [2.75, 3.05) is 5.32 Å². The van der Waals surface area contributed by atoms with Crippen LogP contribution in [0.2, 0.25) is 0 Å². The Bertz CT molecular complexity index is 1280. The van der Waals surface area contributed by atoms with Gasteiger partial charge in [0.15, 0.2) is 5.82 Å². The molecule has 3 aromatic rings. The summed E-state index contributed by atoms with van der Waals surface area (Å²) in [7, 11) is 0. The van der Waals surface area contributed by atoms with Gasteiger partial charge in [0.25, 0.3) is 0 Å². The van der Waals surface area contributed by atoms with Gasteiger partial charge in [0.1, 0.15) is 6.07 Å². The number of H-pyrrole nitrogens is 1. The monoisotopic (exact) mass is 457 g/mol. The van der Waals surface area contributed by atoms with Crippen molar-refractivity contribution in [3.63, 3.8) is 0 Å². The van der Waals surface area contributed by atoms with E-state index in [1.165, 1.54) is 36.5 Å². The van der Waals surface area contributed by atoms with Crippen LogP contribution in [-0.4, -0.2) is 32.0 Å². The van der Waals surface area contributed by atoms with E-state index in [-0.39, 0.29) is 37.2 Å². The van der Waals surface area contributed by atoms with Crippen LogP contribution in [0.25, 0.3) is 0 Å². The Labute approximate surface area is 185 Å². The maximum absolute atomic E-state index is 13.2. The fourth-order valence-corrected chi connectivity index (χ4v) is 3.59. The van der Waals surface area contributed by atoms with E-state index in [0.717, 1.165) is 4.68 Å². The Morgan fingerprint density at radius 1 is 1.24 bits per heavy atom. The number of aromatic amines is 1. The first kappa shape index (κ1) is 22.1. The molecule has 8 nitrogen and oxygen atoms in total. The highest BCUT2D eigenvalue weighted by Gasteiger charge is 2.64. The molecule has 1 saturated carbocycles. The second-order valence-corrected chi connectivity index (χ2v) is 7.88. The predicted molar refractivity (Wildman–Crippen MR) is 111 cm³/mol. The number of hydrogen-bond acceptors (Lipinski definition) is 5. The summed E-state index contributed by atoms with van der Waals surface area (Å²) in [5.41, 5.74) is -1.10. The van der Waals surface area contributed by atoms with Crippen molar-refractivity contribution in [3.05, 3.63) is 75.3 Å². The Hall–Kier alpha value is -4.07. The van der Waals surface area contributed by atoms with Gasteiger partial charge in [-0.05, 0) is 36.1 Å². The molecule has 2 aromatic heterocycles. The third-order valence-electron chi connectivity index (χ3n) is 5.63. The summed E-state index contributed by atoms with van der Waals surface area (Å²) in [6.45, 7) is -0.0314. The molecule has 0 spiro atoms. The molecule has 0 aliphatic heterocycles. The van der Waals surface area contributed by atoms with Crippen LogP contribution in [0.5, 0.6) is 5.75 Å². The minimum absolute atomic E-state index is 0.0314. The standard InChI is InChI=1S/C22H18F3N5O3/c23-22(24,25)21(7-8-21)15-4-1-13(2-5-15)9-17(31)28-19-18(32)20(33)30(29-19)12-16-6-3-14(10-26)11-27-16/h1-6,11,29,32H,7-9,12H2,(H,28,31). The van der Waals surface area contributed by atoms with E-state index in [4.69, 9.17) is 5.26 Å². The van der Waals surface area contributed by atoms with Gasteiger partial charge in [-0.1, -0.05) is 24.3 Å². The Balaban J connectivity index is 1.42. The van der Waals surface area contributed by atoms with Gasteiger partial charge < -0.3 is 10.4 Å². The number of nitriles is 1. The third-order valence-corrected chi connectivity index (χ3v) is 5.63. The van der Waals surface area contributed by atoms with Crippen molar-refractivity contribution >= 4 is 11.7 Å². The van der Waals surface area contributed by atoms with Gasteiger partial charge in [0, 0.05) is 6.20 Å². The number of rotatable bonds is 6. The highest BCUT2D eigenvalue weighted by molar-refractivity contribution is 5.92. The first-order valence-electron chi connectivity index (χ1n) is 9.96. The SMILES string of the molecule is N#Cc1ccc(Cn2[nH]c(NC(=O)Cc3ccc(C4(C(F)(F)F)CC4)cc3)c(O)c2=O)nc1.